The zero-order valence-corrected chi connectivity index (χ0v) is 11.6. The van der Waals surface area contributed by atoms with E-state index in [1.54, 1.807) is 4.68 Å². The molecule has 0 spiro atoms. The lowest BCUT2D eigenvalue weighted by atomic mass is 10.2. The van der Waals surface area contributed by atoms with Crippen LogP contribution in [0.4, 0.5) is 5.95 Å². The van der Waals surface area contributed by atoms with Crippen LogP contribution in [0.5, 0.6) is 11.6 Å². The van der Waals surface area contributed by atoms with Gasteiger partial charge in [0.25, 0.3) is 0 Å². The standard InChI is InChI=1S/C14H15N5O/c1-8-12(9(2)19(3)18-8)20-13-10-6-4-5-7-11(10)16-14(15)17-13/h4-7H,1-3H3,(H2,15,16,17). The normalized spacial score (nSPS) is 10.9. The summed E-state index contributed by atoms with van der Waals surface area (Å²) < 4.78 is 7.72. The number of fused-ring (bicyclic) bond motifs is 1. The van der Waals surface area contributed by atoms with Gasteiger partial charge in [-0.1, -0.05) is 12.1 Å². The Kier molecular flexibility index (Phi) is 2.78. The maximum atomic E-state index is 5.94. The molecule has 2 aromatic heterocycles. The lowest BCUT2D eigenvalue weighted by Gasteiger charge is -2.08. The van der Waals surface area contributed by atoms with Gasteiger partial charge in [-0.2, -0.15) is 10.1 Å². The molecule has 6 heteroatoms. The molecule has 0 unspecified atom stereocenters. The van der Waals surface area contributed by atoms with Crippen molar-refractivity contribution in [2.45, 2.75) is 13.8 Å². The molecule has 0 saturated carbocycles. The van der Waals surface area contributed by atoms with Gasteiger partial charge in [-0.25, -0.2) is 4.98 Å². The highest BCUT2D eigenvalue weighted by atomic mass is 16.5. The molecule has 0 aliphatic heterocycles. The van der Waals surface area contributed by atoms with E-state index >= 15 is 0 Å². The van der Waals surface area contributed by atoms with E-state index in [2.05, 4.69) is 15.1 Å². The molecular formula is C14H15N5O. The molecule has 0 atom stereocenters. The molecule has 0 aliphatic rings. The average molecular weight is 269 g/mol. The number of aryl methyl sites for hydroxylation is 2. The number of nitrogen functional groups attached to an aromatic ring is 1. The van der Waals surface area contributed by atoms with Gasteiger partial charge in [0.2, 0.25) is 11.8 Å². The Labute approximate surface area is 116 Å². The van der Waals surface area contributed by atoms with Crippen molar-refractivity contribution in [3.8, 4) is 11.6 Å². The zero-order valence-electron chi connectivity index (χ0n) is 11.6. The number of rotatable bonds is 2. The topological polar surface area (TPSA) is 78.8 Å². The second-order valence-electron chi connectivity index (χ2n) is 4.63. The summed E-state index contributed by atoms with van der Waals surface area (Å²) in [5.41, 5.74) is 8.24. The third kappa shape index (κ3) is 1.95. The lowest BCUT2D eigenvalue weighted by molar-refractivity contribution is 0.461. The highest BCUT2D eigenvalue weighted by molar-refractivity contribution is 5.84. The average Bonchev–Trinajstić information content (AvgIpc) is 2.65. The number of benzene rings is 1. The van der Waals surface area contributed by atoms with Gasteiger partial charge in [-0.05, 0) is 26.0 Å². The Morgan fingerprint density at radius 1 is 1.15 bits per heavy atom. The number of anilines is 1. The molecule has 0 bridgehead atoms. The molecular weight excluding hydrogens is 254 g/mol. The van der Waals surface area contributed by atoms with Gasteiger partial charge in [-0.3, -0.25) is 4.68 Å². The van der Waals surface area contributed by atoms with Crippen molar-refractivity contribution < 1.29 is 4.74 Å². The van der Waals surface area contributed by atoms with E-state index in [-0.39, 0.29) is 5.95 Å². The van der Waals surface area contributed by atoms with Gasteiger partial charge in [0.1, 0.15) is 5.69 Å². The van der Waals surface area contributed by atoms with Crippen LogP contribution in [0, 0.1) is 13.8 Å². The molecule has 20 heavy (non-hydrogen) atoms. The summed E-state index contributed by atoms with van der Waals surface area (Å²) in [5, 5.41) is 5.15. The van der Waals surface area contributed by atoms with Crippen LogP contribution in [-0.4, -0.2) is 19.7 Å². The zero-order chi connectivity index (χ0) is 14.3. The number of hydrogen-bond donors (Lipinski definition) is 1. The SMILES string of the molecule is Cc1nn(C)c(C)c1Oc1nc(N)nc2ccccc12. The van der Waals surface area contributed by atoms with Crippen molar-refractivity contribution in [1.29, 1.82) is 0 Å². The molecule has 0 saturated heterocycles. The van der Waals surface area contributed by atoms with E-state index in [4.69, 9.17) is 10.5 Å². The highest BCUT2D eigenvalue weighted by Gasteiger charge is 2.15. The maximum Gasteiger partial charge on any atom is 0.232 e. The van der Waals surface area contributed by atoms with Crippen molar-refractivity contribution in [2.75, 3.05) is 5.73 Å². The summed E-state index contributed by atoms with van der Waals surface area (Å²) in [4.78, 5) is 8.39. The number of nitrogens with two attached hydrogens (primary N) is 1. The second-order valence-corrected chi connectivity index (χ2v) is 4.63. The first kappa shape index (κ1) is 12.4. The van der Waals surface area contributed by atoms with Crippen LogP contribution in [0.2, 0.25) is 0 Å². The monoisotopic (exact) mass is 269 g/mol. The summed E-state index contributed by atoms with van der Waals surface area (Å²) in [6.07, 6.45) is 0. The van der Waals surface area contributed by atoms with Gasteiger partial charge in [0, 0.05) is 7.05 Å². The predicted octanol–water partition coefficient (Wildman–Crippen LogP) is 2.35. The Morgan fingerprint density at radius 2 is 1.90 bits per heavy atom. The Morgan fingerprint density at radius 3 is 2.60 bits per heavy atom. The van der Waals surface area contributed by atoms with E-state index in [9.17, 15) is 0 Å². The molecule has 0 fully saturated rings. The van der Waals surface area contributed by atoms with Crippen molar-refractivity contribution in [3.63, 3.8) is 0 Å². The van der Waals surface area contributed by atoms with Crippen LogP contribution in [0.3, 0.4) is 0 Å². The summed E-state index contributed by atoms with van der Waals surface area (Å²) in [6, 6.07) is 7.60. The minimum absolute atomic E-state index is 0.192. The van der Waals surface area contributed by atoms with Crippen molar-refractivity contribution in [1.82, 2.24) is 19.7 Å². The van der Waals surface area contributed by atoms with Crippen LogP contribution in [0.25, 0.3) is 10.9 Å². The van der Waals surface area contributed by atoms with Gasteiger partial charge >= 0.3 is 0 Å². The van der Waals surface area contributed by atoms with Crippen LogP contribution in [0.15, 0.2) is 24.3 Å². The maximum absolute atomic E-state index is 5.94. The molecule has 1 aromatic carbocycles. The van der Waals surface area contributed by atoms with Crippen molar-refractivity contribution in [3.05, 3.63) is 35.7 Å². The quantitative estimate of drug-likeness (QED) is 0.772. The van der Waals surface area contributed by atoms with Crippen LogP contribution >= 0.6 is 0 Å². The molecule has 3 rings (SSSR count). The predicted molar refractivity (Wildman–Crippen MR) is 76.7 cm³/mol. The van der Waals surface area contributed by atoms with E-state index in [0.29, 0.717) is 11.6 Å². The van der Waals surface area contributed by atoms with Crippen LogP contribution in [-0.2, 0) is 7.05 Å². The minimum Gasteiger partial charge on any atom is -0.434 e. The molecule has 2 N–H and O–H groups in total. The van der Waals surface area contributed by atoms with E-state index in [1.807, 2.05) is 45.2 Å². The van der Waals surface area contributed by atoms with Gasteiger partial charge in [-0.15, -0.1) is 0 Å². The summed E-state index contributed by atoms with van der Waals surface area (Å²) in [5.74, 6) is 1.35. The fourth-order valence-electron chi connectivity index (χ4n) is 2.14. The first-order valence-corrected chi connectivity index (χ1v) is 6.26. The molecule has 102 valence electrons. The fraction of sp³-hybridized carbons (Fsp3) is 0.214. The van der Waals surface area contributed by atoms with Crippen molar-refractivity contribution >= 4 is 16.9 Å². The number of ether oxygens (including phenoxy) is 1. The van der Waals surface area contributed by atoms with Gasteiger partial charge in [0.15, 0.2) is 5.75 Å². The molecule has 3 aromatic rings. The first-order valence-electron chi connectivity index (χ1n) is 6.26. The third-order valence-electron chi connectivity index (χ3n) is 3.23. The Hall–Kier alpha value is -2.63. The van der Waals surface area contributed by atoms with Gasteiger partial charge in [0.05, 0.1) is 16.6 Å². The molecule has 6 nitrogen and oxygen atoms in total. The van der Waals surface area contributed by atoms with E-state index in [1.165, 1.54) is 0 Å². The van der Waals surface area contributed by atoms with Crippen LogP contribution in [0.1, 0.15) is 11.4 Å². The molecule has 0 aliphatic carbocycles. The molecule has 0 radical (unpaired) electrons. The molecule has 0 amide bonds. The van der Waals surface area contributed by atoms with Gasteiger partial charge < -0.3 is 10.5 Å². The largest absolute Gasteiger partial charge is 0.434 e. The first-order chi connectivity index (χ1) is 9.56. The number of para-hydroxylation sites is 1. The third-order valence-corrected chi connectivity index (χ3v) is 3.23. The summed E-state index contributed by atoms with van der Waals surface area (Å²) >= 11 is 0. The smallest absolute Gasteiger partial charge is 0.232 e. The second kappa shape index (κ2) is 4.48. The Balaban J connectivity index is 2.15. The van der Waals surface area contributed by atoms with Crippen LogP contribution < -0.4 is 10.5 Å². The fourth-order valence-corrected chi connectivity index (χ4v) is 2.14. The highest BCUT2D eigenvalue weighted by Crippen LogP contribution is 2.31. The van der Waals surface area contributed by atoms with Crippen molar-refractivity contribution in [2.24, 2.45) is 7.05 Å². The Bertz CT molecular complexity index is 794. The number of aromatic nitrogens is 4. The van der Waals surface area contributed by atoms with E-state index in [0.717, 1.165) is 22.3 Å². The number of nitrogens with zero attached hydrogens (tertiary/aromatic N) is 4. The summed E-state index contributed by atoms with van der Waals surface area (Å²) in [6.45, 7) is 3.84. The lowest BCUT2D eigenvalue weighted by Crippen LogP contribution is -1.99. The number of hydrogen-bond acceptors (Lipinski definition) is 5. The summed E-state index contributed by atoms with van der Waals surface area (Å²) in [7, 11) is 1.88. The molecule has 2 heterocycles. The van der Waals surface area contributed by atoms with E-state index < -0.39 is 0 Å². The minimum atomic E-state index is 0.192.